The standard InChI is InChI=1S/C11H8BrClN2O3S2/c1-18-8-5(4-19-9(8)12)10(16)14-15-11(17)6-2-3-7(13)20-6/h2-4H,1H3,(H,14,16)(H,15,17). The third-order valence-corrected chi connectivity index (χ3v) is 5.14. The van der Waals surface area contributed by atoms with Gasteiger partial charge in [0.2, 0.25) is 0 Å². The van der Waals surface area contributed by atoms with Crippen LogP contribution < -0.4 is 15.6 Å². The minimum Gasteiger partial charge on any atom is -0.494 e. The largest absolute Gasteiger partial charge is 0.494 e. The summed E-state index contributed by atoms with van der Waals surface area (Å²) < 4.78 is 6.32. The molecule has 0 aliphatic heterocycles. The minimum absolute atomic E-state index is 0.342. The van der Waals surface area contributed by atoms with E-state index in [0.29, 0.717) is 24.3 Å². The van der Waals surface area contributed by atoms with Crippen molar-refractivity contribution >= 4 is 62.0 Å². The van der Waals surface area contributed by atoms with Crippen molar-refractivity contribution in [1.29, 1.82) is 0 Å². The Morgan fingerprint density at radius 2 is 2.00 bits per heavy atom. The molecule has 2 aromatic heterocycles. The summed E-state index contributed by atoms with van der Waals surface area (Å²) in [7, 11) is 1.47. The molecule has 0 unspecified atom stereocenters. The van der Waals surface area contributed by atoms with E-state index < -0.39 is 11.8 Å². The fourth-order valence-corrected chi connectivity index (χ4v) is 3.68. The number of hydrogen-bond donors (Lipinski definition) is 2. The van der Waals surface area contributed by atoms with Gasteiger partial charge in [0, 0.05) is 5.38 Å². The van der Waals surface area contributed by atoms with Crippen molar-refractivity contribution in [2.75, 3.05) is 7.11 Å². The average molecular weight is 396 g/mol. The molecule has 9 heteroatoms. The summed E-state index contributed by atoms with van der Waals surface area (Å²) in [5, 5.41) is 1.63. The van der Waals surface area contributed by atoms with Crippen LogP contribution in [-0.2, 0) is 0 Å². The lowest BCUT2D eigenvalue weighted by molar-refractivity contribution is 0.0847. The molecular formula is C11H8BrClN2O3S2. The molecule has 0 aliphatic carbocycles. The summed E-state index contributed by atoms with van der Waals surface area (Å²) in [4.78, 5) is 24.1. The van der Waals surface area contributed by atoms with Crippen molar-refractivity contribution in [3.05, 3.63) is 36.1 Å². The van der Waals surface area contributed by atoms with Crippen LogP contribution in [-0.4, -0.2) is 18.9 Å². The van der Waals surface area contributed by atoms with Crippen LogP contribution in [0, 0.1) is 0 Å². The Morgan fingerprint density at radius 3 is 2.60 bits per heavy atom. The van der Waals surface area contributed by atoms with Crippen LogP contribution in [0.3, 0.4) is 0 Å². The van der Waals surface area contributed by atoms with Crippen LogP contribution in [0.15, 0.2) is 21.3 Å². The van der Waals surface area contributed by atoms with Gasteiger partial charge in [-0.3, -0.25) is 20.4 Å². The summed E-state index contributed by atoms with van der Waals surface area (Å²) in [5.41, 5.74) is 4.99. The highest BCUT2D eigenvalue weighted by atomic mass is 79.9. The molecule has 2 amide bonds. The van der Waals surface area contributed by atoms with Gasteiger partial charge in [-0.25, -0.2) is 0 Å². The van der Waals surface area contributed by atoms with Crippen LogP contribution in [0.5, 0.6) is 5.75 Å². The maximum absolute atomic E-state index is 11.9. The van der Waals surface area contributed by atoms with E-state index >= 15 is 0 Å². The summed E-state index contributed by atoms with van der Waals surface area (Å²) in [6, 6.07) is 3.19. The van der Waals surface area contributed by atoms with Crippen molar-refractivity contribution in [3.63, 3.8) is 0 Å². The van der Waals surface area contributed by atoms with Gasteiger partial charge in [0.25, 0.3) is 11.8 Å². The average Bonchev–Trinajstić information content (AvgIpc) is 3.01. The first kappa shape index (κ1) is 15.3. The third-order valence-electron chi connectivity index (χ3n) is 2.24. The Bertz CT molecular complexity index is 656. The van der Waals surface area contributed by atoms with Crippen LogP contribution in [0.4, 0.5) is 0 Å². The highest BCUT2D eigenvalue weighted by molar-refractivity contribution is 9.11. The van der Waals surface area contributed by atoms with E-state index in [0.717, 1.165) is 11.3 Å². The number of hydrogen-bond acceptors (Lipinski definition) is 5. The van der Waals surface area contributed by atoms with Gasteiger partial charge >= 0.3 is 0 Å². The van der Waals surface area contributed by atoms with Crippen molar-refractivity contribution in [2.45, 2.75) is 0 Å². The zero-order valence-electron chi connectivity index (χ0n) is 10.0. The number of amides is 2. The Kier molecular flexibility index (Phi) is 5.03. The second-order valence-electron chi connectivity index (χ2n) is 3.47. The number of carbonyl (C=O) groups excluding carboxylic acids is 2. The molecule has 0 bridgehead atoms. The molecule has 5 nitrogen and oxygen atoms in total. The molecule has 0 fully saturated rings. The fourth-order valence-electron chi connectivity index (χ4n) is 1.35. The molecule has 2 N–H and O–H groups in total. The van der Waals surface area contributed by atoms with Gasteiger partial charge in [-0.2, -0.15) is 0 Å². The predicted molar refractivity (Wildman–Crippen MR) is 82.8 cm³/mol. The molecule has 20 heavy (non-hydrogen) atoms. The van der Waals surface area contributed by atoms with E-state index in [1.807, 2.05) is 0 Å². The van der Waals surface area contributed by atoms with E-state index in [-0.39, 0.29) is 0 Å². The van der Waals surface area contributed by atoms with Crippen LogP contribution in [0.25, 0.3) is 0 Å². The monoisotopic (exact) mass is 394 g/mol. The molecule has 0 aromatic carbocycles. The maximum Gasteiger partial charge on any atom is 0.279 e. The number of thiophene rings is 2. The Hall–Kier alpha value is -1.09. The number of carbonyl (C=O) groups is 2. The topological polar surface area (TPSA) is 67.4 Å². The summed E-state index contributed by atoms with van der Waals surface area (Å²) in [6.07, 6.45) is 0. The molecule has 0 aliphatic rings. The minimum atomic E-state index is -0.459. The maximum atomic E-state index is 11.9. The molecule has 0 atom stereocenters. The first-order chi connectivity index (χ1) is 9.52. The molecular weight excluding hydrogens is 388 g/mol. The fraction of sp³-hybridized carbons (Fsp3) is 0.0909. The van der Waals surface area contributed by atoms with Gasteiger partial charge in [0.05, 0.1) is 21.9 Å². The molecule has 0 radical (unpaired) electrons. The predicted octanol–water partition coefficient (Wildman–Crippen LogP) is 3.31. The number of nitrogens with one attached hydrogen (secondary N) is 2. The Balaban J connectivity index is 2.00. The number of methoxy groups -OCH3 is 1. The molecule has 0 saturated carbocycles. The molecule has 2 aromatic rings. The zero-order valence-corrected chi connectivity index (χ0v) is 14.0. The Labute approximate surface area is 136 Å². The van der Waals surface area contributed by atoms with Crippen molar-refractivity contribution in [2.24, 2.45) is 0 Å². The highest BCUT2D eigenvalue weighted by Gasteiger charge is 2.18. The Morgan fingerprint density at radius 1 is 1.30 bits per heavy atom. The molecule has 106 valence electrons. The van der Waals surface area contributed by atoms with Gasteiger partial charge in [-0.15, -0.1) is 22.7 Å². The number of ether oxygens (including phenoxy) is 1. The quantitative estimate of drug-likeness (QED) is 0.784. The van der Waals surface area contributed by atoms with Crippen molar-refractivity contribution in [1.82, 2.24) is 10.9 Å². The number of halogens is 2. The summed E-state index contributed by atoms with van der Waals surface area (Å²) in [5.74, 6) is -0.454. The first-order valence-electron chi connectivity index (χ1n) is 5.20. The number of hydrazine groups is 1. The van der Waals surface area contributed by atoms with Gasteiger partial charge in [-0.1, -0.05) is 11.6 Å². The molecule has 0 spiro atoms. The normalized spacial score (nSPS) is 10.2. The summed E-state index contributed by atoms with van der Waals surface area (Å²) in [6.45, 7) is 0. The van der Waals surface area contributed by atoms with E-state index in [9.17, 15) is 9.59 Å². The van der Waals surface area contributed by atoms with Gasteiger partial charge in [0.1, 0.15) is 3.79 Å². The van der Waals surface area contributed by atoms with Crippen LogP contribution in [0.1, 0.15) is 20.0 Å². The zero-order chi connectivity index (χ0) is 14.7. The van der Waals surface area contributed by atoms with Gasteiger partial charge in [-0.05, 0) is 28.1 Å². The lowest BCUT2D eigenvalue weighted by Crippen LogP contribution is -2.41. The molecule has 0 saturated heterocycles. The second-order valence-corrected chi connectivity index (χ2v) is 7.38. The van der Waals surface area contributed by atoms with Crippen molar-refractivity contribution in [3.8, 4) is 5.75 Å². The van der Waals surface area contributed by atoms with Gasteiger partial charge in [0.15, 0.2) is 5.75 Å². The van der Waals surface area contributed by atoms with Gasteiger partial charge < -0.3 is 4.74 Å². The highest BCUT2D eigenvalue weighted by Crippen LogP contribution is 2.35. The molecule has 2 rings (SSSR count). The van der Waals surface area contributed by atoms with Crippen LogP contribution >= 0.6 is 50.2 Å². The third kappa shape index (κ3) is 3.32. The van der Waals surface area contributed by atoms with Crippen LogP contribution in [0.2, 0.25) is 4.34 Å². The van der Waals surface area contributed by atoms with E-state index in [1.54, 1.807) is 17.5 Å². The number of rotatable bonds is 3. The SMILES string of the molecule is COc1c(C(=O)NNC(=O)c2ccc(Cl)s2)csc1Br. The smallest absolute Gasteiger partial charge is 0.279 e. The van der Waals surface area contributed by atoms with E-state index in [4.69, 9.17) is 16.3 Å². The lowest BCUT2D eigenvalue weighted by Gasteiger charge is -2.06. The lowest BCUT2D eigenvalue weighted by atomic mass is 10.3. The first-order valence-corrected chi connectivity index (χ1v) is 8.06. The molecule has 2 heterocycles. The van der Waals surface area contributed by atoms with Crippen molar-refractivity contribution < 1.29 is 14.3 Å². The second kappa shape index (κ2) is 6.57. The van der Waals surface area contributed by atoms with E-state index in [2.05, 4.69) is 26.8 Å². The summed E-state index contributed by atoms with van der Waals surface area (Å²) >= 11 is 11.5. The van der Waals surface area contributed by atoms with E-state index in [1.165, 1.54) is 18.4 Å².